The van der Waals surface area contributed by atoms with Crippen molar-refractivity contribution >= 4 is 23.2 Å². The third-order valence-corrected chi connectivity index (χ3v) is 4.18. The number of methoxy groups -OCH3 is 1. The lowest BCUT2D eigenvalue weighted by Crippen LogP contribution is -2.27. The number of nitrogens with one attached hydrogen (secondary N) is 1. The second-order valence-corrected chi connectivity index (χ2v) is 5.71. The molecule has 0 spiro atoms. The summed E-state index contributed by atoms with van der Waals surface area (Å²) in [7, 11) is 1.62. The van der Waals surface area contributed by atoms with Gasteiger partial charge in [-0.2, -0.15) is 0 Å². The predicted molar refractivity (Wildman–Crippen MR) is 84.0 cm³/mol. The molecule has 108 valence electrons. The average molecular weight is 302 g/mol. The summed E-state index contributed by atoms with van der Waals surface area (Å²) in [6.07, 6.45) is 1.74. The first-order valence-corrected chi connectivity index (χ1v) is 7.23. The quantitative estimate of drug-likeness (QED) is 0.926. The van der Waals surface area contributed by atoms with Crippen LogP contribution in [0.4, 0.5) is 5.69 Å². The molecule has 0 radical (unpaired) electrons. The Labute approximate surface area is 128 Å². The number of carbonyl (C=O) groups excluding carboxylic acids is 1. The summed E-state index contributed by atoms with van der Waals surface area (Å²) in [6.45, 7) is 0. The van der Waals surface area contributed by atoms with Crippen molar-refractivity contribution in [2.24, 2.45) is 0 Å². The lowest BCUT2D eigenvalue weighted by Gasteiger charge is -2.16. The highest BCUT2D eigenvalue weighted by Gasteiger charge is 2.51. The summed E-state index contributed by atoms with van der Waals surface area (Å²) in [5.41, 5.74) is 1.41. The van der Waals surface area contributed by atoms with E-state index in [-0.39, 0.29) is 5.91 Å². The van der Waals surface area contributed by atoms with Gasteiger partial charge in [-0.15, -0.1) is 0 Å². The molecule has 4 heteroatoms. The van der Waals surface area contributed by atoms with Crippen molar-refractivity contribution in [3.63, 3.8) is 0 Å². The molecule has 3 rings (SSSR count). The van der Waals surface area contributed by atoms with E-state index in [1.807, 2.05) is 48.5 Å². The number of halogens is 1. The van der Waals surface area contributed by atoms with E-state index in [1.54, 1.807) is 7.11 Å². The van der Waals surface area contributed by atoms with Gasteiger partial charge in [0.05, 0.1) is 12.5 Å². The van der Waals surface area contributed by atoms with Gasteiger partial charge in [-0.3, -0.25) is 4.79 Å². The predicted octanol–water partition coefficient (Wildman–Crippen LogP) is 4.02. The molecule has 0 aromatic heterocycles. The molecule has 21 heavy (non-hydrogen) atoms. The van der Waals surface area contributed by atoms with Gasteiger partial charge in [0.25, 0.3) is 0 Å². The van der Waals surface area contributed by atoms with E-state index < -0.39 is 5.41 Å². The molecule has 0 aliphatic heterocycles. The zero-order valence-electron chi connectivity index (χ0n) is 11.7. The Kier molecular flexibility index (Phi) is 3.60. The molecule has 0 unspecified atom stereocenters. The molecule has 1 N–H and O–H groups in total. The van der Waals surface area contributed by atoms with Crippen molar-refractivity contribution in [3.05, 3.63) is 59.1 Å². The zero-order chi connectivity index (χ0) is 14.9. The Hall–Kier alpha value is -2.00. The fraction of sp³-hybridized carbons (Fsp3) is 0.235. The third kappa shape index (κ3) is 2.74. The monoisotopic (exact) mass is 301 g/mol. The largest absolute Gasteiger partial charge is 0.497 e. The minimum absolute atomic E-state index is 0.0370. The van der Waals surface area contributed by atoms with Crippen LogP contribution in [-0.2, 0) is 10.2 Å². The van der Waals surface area contributed by atoms with Gasteiger partial charge in [-0.05, 0) is 54.8 Å². The number of hydrogen-bond acceptors (Lipinski definition) is 2. The van der Waals surface area contributed by atoms with Crippen LogP contribution in [0.1, 0.15) is 18.4 Å². The summed E-state index contributed by atoms with van der Waals surface area (Å²) in [5.74, 6) is 0.807. The molecule has 1 aliphatic rings. The number of hydrogen-bond donors (Lipinski definition) is 1. The summed E-state index contributed by atoms with van der Waals surface area (Å²) in [4.78, 5) is 12.6. The molecule has 1 fully saturated rings. The van der Waals surface area contributed by atoms with E-state index in [1.165, 1.54) is 0 Å². The molecule has 0 heterocycles. The summed E-state index contributed by atoms with van der Waals surface area (Å²) < 4.78 is 5.11. The Balaban J connectivity index is 1.76. The van der Waals surface area contributed by atoms with E-state index in [0.717, 1.165) is 29.8 Å². The smallest absolute Gasteiger partial charge is 0.235 e. The van der Waals surface area contributed by atoms with Crippen LogP contribution in [0, 0.1) is 0 Å². The Morgan fingerprint density at radius 1 is 1.10 bits per heavy atom. The van der Waals surface area contributed by atoms with Crippen molar-refractivity contribution in [2.45, 2.75) is 18.3 Å². The molecule has 1 aliphatic carbocycles. The van der Waals surface area contributed by atoms with Gasteiger partial charge in [0.1, 0.15) is 5.75 Å². The molecular weight excluding hydrogens is 286 g/mol. The Bertz CT molecular complexity index is 645. The molecule has 0 atom stereocenters. The van der Waals surface area contributed by atoms with Crippen LogP contribution in [-0.4, -0.2) is 13.0 Å². The Morgan fingerprint density at radius 3 is 2.24 bits per heavy atom. The molecule has 1 saturated carbocycles. The average Bonchev–Trinajstić information content (AvgIpc) is 3.30. The second kappa shape index (κ2) is 5.41. The fourth-order valence-electron chi connectivity index (χ4n) is 2.47. The first-order chi connectivity index (χ1) is 10.1. The fourth-order valence-corrected chi connectivity index (χ4v) is 2.59. The lowest BCUT2D eigenvalue weighted by atomic mass is 9.95. The second-order valence-electron chi connectivity index (χ2n) is 5.27. The highest BCUT2D eigenvalue weighted by molar-refractivity contribution is 6.30. The van der Waals surface area contributed by atoms with Gasteiger partial charge >= 0.3 is 0 Å². The van der Waals surface area contributed by atoms with E-state index in [4.69, 9.17) is 16.3 Å². The summed E-state index contributed by atoms with van der Waals surface area (Å²) >= 11 is 5.91. The van der Waals surface area contributed by atoms with Crippen LogP contribution in [0.2, 0.25) is 5.02 Å². The van der Waals surface area contributed by atoms with Gasteiger partial charge in [0, 0.05) is 10.7 Å². The standard InChI is InChI=1S/C17H16ClNO2/c1-21-15-8-6-14(7-9-15)19-16(20)17(10-11-17)12-2-4-13(18)5-3-12/h2-9H,10-11H2,1H3,(H,19,20). The van der Waals surface area contributed by atoms with Crippen LogP contribution in [0.3, 0.4) is 0 Å². The van der Waals surface area contributed by atoms with E-state index >= 15 is 0 Å². The van der Waals surface area contributed by atoms with Gasteiger partial charge in [-0.25, -0.2) is 0 Å². The number of ether oxygens (including phenoxy) is 1. The molecule has 0 bridgehead atoms. The molecule has 3 nitrogen and oxygen atoms in total. The van der Waals surface area contributed by atoms with Crippen LogP contribution in [0.25, 0.3) is 0 Å². The number of anilines is 1. The van der Waals surface area contributed by atoms with E-state index in [2.05, 4.69) is 5.32 Å². The van der Waals surface area contributed by atoms with Crippen molar-refractivity contribution in [1.29, 1.82) is 0 Å². The zero-order valence-corrected chi connectivity index (χ0v) is 12.5. The van der Waals surface area contributed by atoms with E-state index in [9.17, 15) is 4.79 Å². The van der Waals surface area contributed by atoms with Gasteiger partial charge < -0.3 is 10.1 Å². The van der Waals surface area contributed by atoms with Crippen LogP contribution in [0.15, 0.2) is 48.5 Å². The Morgan fingerprint density at radius 2 is 1.71 bits per heavy atom. The highest BCUT2D eigenvalue weighted by Crippen LogP contribution is 2.49. The topological polar surface area (TPSA) is 38.3 Å². The maximum atomic E-state index is 12.6. The van der Waals surface area contributed by atoms with Gasteiger partial charge in [0.15, 0.2) is 0 Å². The summed E-state index contributed by atoms with van der Waals surface area (Å²) in [5, 5.41) is 3.67. The normalized spacial score (nSPS) is 15.3. The minimum atomic E-state index is -0.398. The van der Waals surface area contributed by atoms with Crippen LogP contribution >= 0.6 is 11.6 Å². The third-order valence-electron chi connectivity index (χ3n) is 3.93. The molecule has 1 amide bonds. The molecular formula is C17H16ClNO2. The van der Waals surface area contributed by atoms with Crippen molar-refractivity contribution in [3.8, 4) is 5.75 Å². The molecule has 2 aromatic carbocycles. The highest BCUT2D eigenvalue weighted by atomic mass is 35.5. The maximum Gasteiger partial charge on any atom is 0.235 e. The van der Waals surface area contributed by atoms with Crippen molar-refractivity contribution in [1.82, 2.24) is 0 Å². The molecule has 2 aromatic rings. The number of carbonyl (C=O) groups is 1. The number of rotatable bonds is 4. The van der Waals surface area contributed by atoms with E-state index in [0.29, 0.717) is 5.02 Å². The lowest BCUT2D eigenvalue weighted by molar-refractivity contribution is -0.118. The molecule has 0 saturated heterocycles. The van der Waals surface area contributed by atoms with Gasteiger partial charge in [0.2, 0.25) is 5.91 Å². The SMILES string of the molecule is COc1ccc(NC(=O)C2(c3ccc(Cl)cc3)CC2)cc1. The van der Waals surface area contributed by atoms with Gasteiger partial charge in [-0.1, -0.05) is 23.7 Å². The number of benzene rings is 2. The first-order valence-electron chi connectivity index (χ1n) is 6.86. The number of amides is 1. The minimum Gasteiger partial charge on any atom is -0.497 e. The van der Waals surface area contributed by atoms with Crippen molar-refractivity contribution in [2.75, 3.05) is 12.4 Å². The maximum absolute atomic E-state index is 12.6. The van der Waals surface area contributed by atoms with Crippen LogP contribution < -0.4 is 10.1 Å². The summed E-state index contributed by atoms with van der Waals surface area (Å²) in [6, 6.07) is 14.9. The van der Waals surface area contributed by atoms with Crippen LogP contribution in [0.5, 0.6) is 5.75 Å². The van der Waals surface area contributed by atoms with Crippen molar-refractivity contribution < 1.29 is 9.53 Å². The first kappa shape index (κ1) is 14.0.